The summed E-state index contributed by atoms with van der Waals surface area (Å²) in [6, 6.07) is 6.60. The minimum Gasteiger partial charge on any atom is -0.477 e. The molecule has 0 amide bonds. The summed E-state index contributed by atoms with van der Waals surface area (Å²) >= 11 is 1.22. The molecule has 2 heterocycles. The Hall–Kier alpha value is -1.54. The Morgan fingerprint density at radius 3 is 2.78 bits per heavy atom. The van der Waals surface area contributed by atoms with Gasteiger partial charge < -0.3 is 24.5 Å². The number of benzene rings is 1. The van der Waals surface area contributed by atoms with Gasteiger partial charge in [-0.3, -0.25) is 0 Å². The molecule has 0 bridgehead atoms. The number of thioether (sulfide) groups is 1. The van der Waals surface area contributed by atoms with Crippen LogP contribution >= 0.6 is 11.8 Å². The van der Waals surface area contributed by atoms with Crippen molar-refractivity contribution in [3.8, 4) is 5.75 Å². The van der Waals surface area contributed by atoms with E-state index in [1.54, 1.807) is 18.2 Å². The van der Waals surface area contributed by atoms with Crippen molar-refractivity contribution in [2.45, 2.75) is 37.1 Å². The second-order valence-corrected chi connectivity index (χ2v) is 6.60. The van der Waals surface area contributed by atoms with E-state index in [2.05, 4.69) is 0 Å². The largest absolute Gasteiger partial charge is 0.477 e. The number of aliphatic hydroxyl groups is 3. The van der Waals surface area contributed by atoms with Crippen molar-refractivity contribution in [2.75, 3.05) is 5.75 Å². The maximum absolute atomic E-state index is 11.6. The Bertz CT molecular complexity index is 758. The quantitative estimate of drug-likeness (QED) is 0.715. The first kappa shape index (κ1) is 16.3. The highest BCUT2D eigenvalue weighted by atomic mass is 32.2. The second kappa shape index (κ2) is 6.52. The molecule has 1 aromatic carbocycles. The predicted molar refractivity (Wildman–Crippen MR) is 86.8 cm³/mol. The Morgan fingerprint density at radius 2 is 2.04 bits per heavy atom. The maximum Gasteiger partial charge on any atom is 0.336 e. The van der Waals surface area contributed by atoms with Crippen molar-refractivity contribution in [3.05, 3.63) is 40.2 Å². The fourth-order valence-electron chi connectivity index (χ4n) is 2.59. The lowest BCUT2D eigenvalue weighted by Gasteiger charge is -2.34. The van der Waals surface area contributed by atoms with E-state index in [9.17, 15) is 20.1 Å². The lowest BCUT2D eigenvalue weighted by Crippen LogP contribution is -2.50. The smallest absolute Gasteiger partial charge is 0.336 e. The van der Waals surface area contributed by atoms with Crippen LogP contribution in [0.4, 0.5) is 0 Å². The van der Waals surface area contributed by atoms with Gasteiger partial charge in [0, 0.05) is 23.3 Å². The van der Waals surface area contributed by atoms with Crippen molar-refractivity contribution in [1.29, 1.82) is 0 Å². The lowest BCUT2D eigenvalue weighted by atomic mass is 10.1. The monoisotopic (exact) mass is 338 g/mol. The molecule has 0 unspecified atom stereocenters. The van der Waals surface area contributed by atoms with E-state index in [1.165, 1.54) is 17.8 Å². The Morgan fingerprint density at radius 1 is 1.26 bits per heavy atom. The fraction of sp³-hybridized carbons (Fsp3) is 0.438. The molecule has 1 saturated heterocycles. The van der Waals surface area contributed by atoms with E-state index in [4.69, 9.17) is 9.15 Å². The highest BCUT2D eigenvalue weighted by molar-refractivity contribution is 7.99. The number of hydrogen-bond donors (Lipinski definition) is 3. The third-order valence-corrected chi connectivity index (χ3v) is 5.13. The molecule has 1 fully saturated rings. The van der Waals surface area contributed by atoms with Crippen LogP contribution in [0.25, 0.3) is 11.0 Å². The standard InChI is InChI=1S/C16H18O6S/c1-2-8-5-13(18)22-12-6-9(3-4-10(8)12)21-16-15(20)14(19)11(17)7-23-16/h3-6,11,14-17,19-20H,2,7H2,1H3/t11-,14+,15-,16-/m1/s1. The van der Waals surface area contributed by atoms with Gasteiger partial charge in [-0.25, -0.2) is 4.79 Å². The summed E-state index contributed by atoms with van der Waals surface area (Å²) in [6.07, 6.45) is -2.71. The van der Waals surface area contributed by atoms with Crippen molar-refractivity contribution < 1.29 is 24.5 Å². The Balaban J connectivity index is 1.88. The number of aryl methyl sites for hydroxylation is 1. The molecular weight excluding hydrogens is 320 g/mol. The highest BCUT2D eigenvalue weighted by Crippen LogP contribution is 2.31. The van der Waals surface area contributed by atoms with Gasteiger partial charge in [0.15, 0.2) is 5.44 Å². The lowest BCUT2D eigenvalue weighted by molar-refractivity contribution is -0.0786. The Kier molecular flexibility index (Phi) is 4.63. The van der Waals surface area contributed by atoms with Crippen LogP contribution < -0.4 is 10.4 Å². The van der Waals surface area contributed by atoms with Crippen LogP contribution in [0, 0.1) is 0 Å². The number of ether oxygens (including phenoxy) is 1. The van der Waals surface area contributed by atoms with Crippen LogP contribution in [-0.4, -0.2) is 44.8 Å². The second-order valence-electron chi connectivity index (χ2n) is 5.47. The summed E-state index contributed by atoms with van der Waals surface area (Å²) in [5.41, 5.74) is 0.195. The zero-order chi connectivity index (χ0) is 16.6. The molecule has 1 aromatic heterocycles. The molecule has 2 aromatic rings. The van der Waals surface area contributed by atoms with Crippen molar-refractivity contribution in [1.82, 2.24) is 0 Å². The van der Waals surface area contributed by atoms with E-state index >= 15 is 0 Å². The van der Waals surface area contributed by atoms with Crippen LogP contribution in [0.1, 0.15) is 12.5 Å². The minimum atomic E-state index is -1.24. The van der Waals surface area contributed by atoms with E-state index in [-0.39, 0.29) is 5.75 Å². The number of hydrogen-bond acceptors (Lipinski definition) is 7. The van der Waals surface area contributed by atoms with Gasteiger partial charge in [-0.2, -0.15) is 0 Å². The van der Waals surface area contributed by atoms with Gasteiger partial charge >= 0.3 is 5.63 Å². The van der Waals surface area contributed by atoms with Crippen LogP contribution in [-0.2, 0) is 6.42 Å². The molecule has 3 rings (SSSR count). The van der Waals surface area contributed by atoms with Gasteiger partial charge in [0.2, 0.25) is 0 Å². The van der Waals surface area contributed by atoms with Gasteiger partial charge in [0.05, 0.1) is 6.10 Å². The molecule has 4 atom stereocenters. The number of rotatable bonds is 3. The first-order valence-corrected chi connectivity index (χ1v) is 8.43. The fourth-order valence-corrected chi connectivity index (χ4v) is 3.71. The van der Waals surface area contributed by atoms with Crippen LogP contribution in [0.15, 0.2) is 33.5 Å². The van der Waals surface area contributed by atoms with Crippen LogP contribution in [0.2, 0.25) is 0 Å². The SMILES string of the molecule is CCc1cc(=O)oc2cc(O[C@@H]3SC[C@@H](O)[C@H](O)[C@H]3O)ccc12. The molecule has 1 aliphatic rings. The molecule has 0 radical (unpaired) electrons. The summed E-state index contributed by atoms with van der Waals surface area (Å²) < 4.78 is 10.9. The normalized spacial score (nSPS) is 28.0. The summed E-state index contributed by atoms with van der Waals surface area (Å²) in [5.74, 6) is 0.694. The summed E-state index contributed by atoms with van der Waals surface area (Å²) in [6.45, 7) is 1.96. The number of fused-ring (bicyclic) bond motifs is 1. The zero-order valence-corrected chi connectivity index (χ0v) is 13.3. The van der Waals surface area contributed by atoms with Crippen LogP contribution in [0.3, 0.4) is 0 Å². The van der Waals surface area contributed by atoms with E-state index in [1.807, 2.05) is 6.92 Å². The van der Waals surface area contributed by atoms with Gasteiger partial charge in [0.25, 0.3) is 0 Å². The van der Waals surface area contributed by atoms with E-state index < -0.39 is 29.4 Å². The molecule has 7 heteroatoms. The van der Waals surface area contributed by atoms with Crippen molar-refractivity contribution in [2.24, 2.45) is 0 Å². The molecule has 124 valence electrons. The van der Waals surface area contributed by atoms with Crippen LogP contribution in [0.5, 0.6) is 5.75 Å². The highest BCUT2D eigenvalue weighted by Gasteiger charge is 2.38. The third-order valence-electron chi connectivity index (χ3n) is 3.89. The summed E-state index contributed by atoms with van der Waals surface area (Å²) in [7, 11) is 0. The van der Waals surface area contributed by atoms with Crippen molar-refractivity contribution in [3.63, 3.8) is 0 Å². The van der Waals surface area contributed by atoms with Gasteiger partial charge in [-0.1, -0.05) is 6.92 Å². The third kappa shape index (κ3) is 3.23. The Labute approximate surface area is 136 Å². The molecule has 0 aliphatic carbocycles. The molecule has 1 aliphatic heterocycles. The average molecular weight is 338 g/mol. The van der Waals surface area contributed by atoms with Gasteiger partial charge in [0.1, 0.15) is 23.5 Å². The summed E-state index contributed by atoms with van der Waals surface area (Å²) in [4.78, 5) is 11.6. The van der Waals surface area contributed by atoms with Crippen molar-refractivity contribution >= 4 is 22.7 Å². The molecule has 0 spiro atoms. The minimum absolute atomic E-state index is 0.269. The summed E-state index contributed by atoms with van der Waals surface area (Å²) in [5, 5.41) is 30.1. The molecule has 6 nitrogen and oxygen atoms in total. The molecule has 23 heavy (non-hydrogen) atoms. The average Bonchev–Trinajstić information content (AvgIpc) is 2.54. The first-order chi connectivity index (χ1) is 11.0. The molecule has 0 saturated carbocycles. The predicted octanol–water partition coefficient (Wildman–Crippen LogP) is 0.890. The molecule has 3 N–H and O–H groups in total. The zero-order valence-electron chi connectivity index (χ0n) is 12.5. The van der Waals surface area contributed by atoms with Gasteiger partial charge in [-0.05, 0) is 24.1 Å². The van der Waals surface area contributed by atoms with E-state index in [0.717, 1.165) is 10.9 Å². The molecular formula is C16H18O6S. The maximum atomic E-state index is 11.6. The van der Waals surface area contributed by atoms with E-state index in [0.29, 0.717) is 17.8 Å². The first-order valence-electron chi connectivity index (χ1n) is 7.39. The topological polar surface area (TPSA) is 100 Å². The van der Waals surface area contributed by atoms with Gasteiger partial charge in [-0.15, -0.1) is 11.8 Å². The number of aliphatic hydroxyl groups excluding tert-OH is 3.